The van der Waals surface area contributed by atoms with Crippen molar-refractivity contribution in [3.8, 4) is 28.7 Å². The molecule has 0 bridgehead atoms. The molecule has 0 saturated carbocycles. The van der Waals surface area contributed by atoms with E-state index < -0.39 is 11.9 Å². The van der Waals surface area contributed by atoms with Gasteiger partial charge in [-0.25, -0.2) is 5.43 Å². The Morgan fingerprint density at radius 3 is 2.07 bits per heavy atom. The third-order valence-corrected chi connectivity index (χ3v) is 3.56. The van der Waals surface area contributed by atoms with Crippen LogP contribution >= 0.6 is 0 Å². The number of hydrogen-bond acceptors (Lipinski definition) is 8. The lowest BCUT2D eigenvalue weighted by Crippen LogP contribution is -2.24. The quantitative estimate of drug-likeness (QED) is 0.297. The van der Waals surface area contributed by atoms with E-state index in [4.69, 9.17) is 23.7 Å². The fourth-order valence-electron chi connectivity index (χ4n) is 2.25. The maximum absolute atomic E-state index is 11.9. The van der Waals surface area contributed by atoms with Gasteiger partial charge in [-0.2, -0.15) is 5.10 Å². The number of benzene rings is 2. The number of nitrogens with one attached hydrogen (secondary N) is 1. The van der Waals surface area contributed by atoms with E-state index in [1.807, 2.05) is 0 Å². The number of hydrogen-bond donors (Lipinski definition) is 1. The summed E-state index contributed by atoms with van der Waals surface area (Å²) < 4.78 is 26.0. The predicted molar refractivity (Wildman–Crippen MR) is 105 cm³/mol. The summed E-state index contributed by atoms with van der Waals surface area (Å²) in [5.41, 5.74) is 2.92. The molecule has 154 valence electrons. The van der Waals surface area contributed by atoms with Crippen molar-refractivity contribution in [2.75, 3.05) is 27.9 Å². The Morgan fingerprint density at radius 1 is 0.966 bits per heavy atom. The molecule has 1 N–H and O–H groups in total. The van der Waals surface area contributed by atoms with Gasteiger partial charge in [-0.1, -0.05) is 0 Å². The van der Waals surface area contributed by atoms with E-state index in [1.54, 1.807) is 43.5 Å². The van der Waals surface area contributed by atoms with Crippen molar-refractivity contribution in [1.82, 2.24) is 5.43 Å². The highest BCUT2D eigenvalue weighted by Gasteiger charge is 2.15. The average molecular weight is 402 g/mol. The molecule has 0 aliphatic rings. The van der Waals surface area contributed by atoms with Gasteiger partial charge in [0.2, 0.25) is 5.75 Å². The lowest BCUT2D eigenvalue weighted by molar-refractivity contribution is -0.132. The minimum Gasteiger partial charge on any atom is -0.497 e. The molecule has 0 atom stereocenters. The van der Waals surface area contributed by atoms with Gasteiger partial charge in [0.25, 0.3) is 5.91 Å². The highest BCUT2D eigenvalue weighted by molar-refractivity contribution is 5.85. The molecule has 0 spiro atoms. The molecule has 29 heavy (non-hydrogen) atoms. The van der Waals surface area contributed by atoms with Gasteiger partial charge in [0.1, 0.15) is 11.5 Å². The summed E-state index contributed by atoms with van der Waals surface area (Å²) in [4.78, 5) is 23.1. The average Bonchev–Trinajstić information content (AvgIpc) is 2.72. The summed E-state index contributed by atoms with van der Waals surface area (Å²) in [5.74, 6) is 1.01. The molecule has 9 heteroatoms. The fourth-order valence-corrected chi connectivity index (χ4v) is 2.25. The Balaban J connectivity index is 1.97. The summed E-state index contributed by atoms with van der Waals surface area (Å²) >= 11 is 0. The summed E-state index contributed by atoms with van der Waals surface area (Å²) in [6.07, 6.45) is 1.40. The van der Waals surface area contributed by atoms with E-state index in [1.165, 1.54) is 27.4 Å². The molecule has 1 amide bonds. The topological polar surface area (TPSA) is 105 Å². The van der Waals surface area contributed by atoms with Crippen LogP contribution in [0.5, 0.6) is 28.7 Å². The third-order valence-electron chi connectivity index (χ3n) is 3.56. The van der Waals surface area contributed by atoms with Gasteiger partial charge in [0, 0.05) is 12.5 Å². The molecule has 2 aromatic rings. The van der Waals surface area contributed by atoms with Gasteiger partial charge >= 0.3 is 5.97 Å². The van der Waals surface area contributed by atoms with Crippen molar-refractivity contribution in [2.45, 2.75) is 6.92 Å². The van der Waals surface area contributed by atoms with Crippen LogP contribution in [0.4, 0.5) is 0 Å². The molecule has 0 radical (unpaired) electrons. The van der Waals surface area contributed by atoms with Crippen molar-refractivity contribution < 1.29 is 33.3 Å². The minimum absolute atomic E-state index is 0.163. The van der Waals surface area contributed by atoms with Gasteiger partial charge < -0.3 is 23.7 Å². The van der Waals surface area contributed by atoms with Crippen molar-refractivity contribution in [1.29, 1.82) is 0 Å². The molecule has 0 unspecified atom stereocenters. The molecule has 0 fully saturated rings. The van der Waals surface area contributed by atoms with Crippen LogP contribution < -0.4 is 29.1 Å². The van der Waals surface area contributed by atoms with Crippen LogP contribution in [0.2, 0.25) is 0 Å². The zero-order chi connectivity index (χ0) is 21.2. The number of rotatable bonds is 9. The van der Waals surface area contributed by atoms with E-state index in [9.17, 15) is 9.59 Å². The van der Waals surface area contributed by atoms with E-state index in [2.05, 4.69) is 10.5 Å². The summed E-state index contributed by atoms with van der Waals surface area (Å²) in [6.45, 7) is 1.07. The molecule has 0 heterocycles. The van der Waals surface area contributed by atoms with E-state index in [0.29, 0.717) is 17.1 Å². The number of ether oxygens (including phenoxy) is 5. The molecular formula is C20H22N2O7. The van der Waals surface area contributed by atoms with Gasteiger partial charge in [-0.15, -0.1) is 0 Å². The van der Waals surface area contributed by atoms with Crippen molar-refractivity contribution in [2.24, 2.45) is 5.10 Å². The highest BCUT2D eigenvalue weighted by atomic mass is 16.6. The third kappa shape index (κ3) is 6.42. The first-order valence-electron chi connectivity index (χ1n) is 8.50. The highest BCUT2D eigenvalue weighted by Crippen LogP contribution is 2.38. The SMILES string of the molecule is COc1ccc(OCC(=O)N/N=C/c2cc(OC)c(OC(C)=O)c(OC)c2)cc1. The second-order valence-corrected chi connectivity index (χ2v) is 5.61. The predicted octanol–water partition coefficient (Wildman–Crippen LogP) is 2.17. The number of amides is 1. The van der Waals surface area contributed by atoms with Crippen LogP contribution in [0.3, 0.4) is 0 Å². The fraction of sp³-hybridized carbons (Fsp3) is 0.250. The first-order chi connectivity index (χ1) is 14.0. The molecule has 0 aliphatic carbocycles. The largest absolute Gasteiger partial charge is 0.497 e. The maximum atomic E-state index is 11.9. The first kappa shape index (κ1) is 21.5. The zero-order valence-electron chi connectivity index (χ0n) is 16.6. The Bertz CT molecular complexity index is 854. The van der Waals surface area contributed by atoms with Crippen LogP contribution in [0.15, 0.2) is 41.5 Å². The van der Waals surface area contributed by atoms with Gasteiger partial charge in [-0.3, -0.25) is 9.59 Å². The second kappa shape index (κ2) is 10.5. The molecule has 0 aliphatic heterocycles. The summed E-state index contributed by atoms with van der Waals surface area (Å²) in [7, 11) is 4.43. The zero-order valence-corrected chi connectivity index (χ0v) is 16.6. The number of hydrazone groups is 1. The van der Waals surface area contributed by atoms with Crippen LogP contribution in [0.25, 0.3) is 0 Å². The maximum Gasteiger partial charge on any atom is 0.308 e. The van der Waals surface area contributed by atoms with E-state index in [-0.39, 0.29) is 23.9 Å². The first-order valence-corrected chi connectivity index (χ1v) is 8.50. The lowest BCUT2D eigenvalue weighted by atomic mass is 10.2. The lowest BCUT2D eigenvalue weighted by Gasteiger charge is -2.13. The Kier molecular flexibility index (Phi) is 7.84. The number of carbonyl (C=O) groups excluding carboxylic acids is 2. The Morgan fingerprint density at radius 2 is 1.55 bits per heavy atom. The molecule has 0 saturated heterocycles. The minimum atomic E-state index is -0.507. The van der Waals surface area contributed by atoms with Crippen molar-refractivity contribution >= 4 is 18.1 Å². The van der Waals surface area contributed by atoms with Crippen molar-refractivity contribution in [3.63, 3.8) is 0 Å². The molecule has 9 nitrogen and oxygen atoms in total. The normalized spacial score (nSPS) is 10.3. The van der Waals surface area contributed by atoms with E-state index in [0.717, 1.165) is 0 Å². The smallest absolute Gasteiger partial charge is 0.308 e. The second-order valence-electron chi connectivity index (χ2n) is 5.61. The molecular weight excluding hydrogens is 380 g/mol. The standard InChI is InChI=1S/C20H22N2O7/c1-13(23)29-20-17(26-3)9-14(10-18(20)27-4)11-21-22-19(24)12-28-16-7-5-15(25-2)6-8-16/h5-11H,12H2,1-4H3,(H,22,24)/b21-11+. The van der Waals surface area contributed by atoms with Crippen LogP contribution in [0.1, 0.15) is 12.5 Å². The Hall–Kier alpha value is -3.75. The van der Waals surface area contributed by atoms with Gasteiger partial charge in [0.15, 0.2) is 18.1 Å². The number of methoxy groups -OCH3 is 3. The molecule has 2 aromatic carbocycles. The summed E-state index contributed by atoms with van der Waals surface area (Å²) in [5, 5.41) is 3.88. The number of nitrogens with zero attached hydrogens (tertiary/aromatic N) is 1. The monoisotopic (exact) mass is 402 g/mol. The van der Waals surface area contributed by atoms with Gasteiger partial charge in [-0.05, 0) is 36.4 Å². The van der Waals surface area contributed by atoms with E-state index >= 15 is 0 Å². The van der Waals surface area contributed by atoms with Crippen LogP contribution in [-0.2, 0) is 9.59 Å². The number of esters is 1. The van der Waals surface area contributed by atoms with Crippen LogP contribution in [-0.4, -0.2) is 46.0 Å². The van der Waals surface area contributed by atoms with Gasteiger partial charge in [0.05, 0.1) is 27.5 Å². The summed E-state index contributed by atoms with van der Waals surface area (Å²) in [6, 6.07) is 10.0. The van der Waals surface area contributed by atoms with Crippen LogP contribution in [0, 0.1) is 0 Å². The number of carbonyl (C=O) groups is 2. The molecule has 0 aromatic heterocycles. The molecule has 2 rings (SSSR count). The van der Waals surface area contributed by atoms with Crippen molar-refractivity contribution in [3.05, 3.63) is 42.0 Å². The Labute approximate surface area is 168 Å².